The van der Waals surface area contributed by atoms with Crippen LogP contribution in [-0.2, 0) is 0 Å². The van der Waals surface area contributed by atoms with E-state index in [1.165, 1.54) is 18.5 Å². The van der Waals surface area contributed by atoms with Crippen LogP contribution in [0.25, 0.3) is 0 Å². The molecule has 0 fully saturated rings. The molecule has 0 aliphatic heterocycles. The van der Waals surface area contributed by atoms with Crippen LogP contribution in [0, 0.1) is 23.0 Å². The summed E-state index contributed by atoms with van der Waals surface area (Å²) in [6.45, 7) is 0. The normalized spacial score (nSPS) is 11.8. The van der Waals surface area contributed by atoms with Crippen LogP contribution in [0.4, 0.5) is 8.78 Å². The van der Waals surface area contributed by atoms with Crippen molar-refractivity contribution in [3.63, 3.8) is 0 Å². The minimum Gasteiger partial charge on any atom is -0.240 e. The van der Waals surface area contributed by atoms with E-state index < -0.39 is 17.6 Å². The molecule has 1 atom stereocenters. The summed E-state index contributed by atoms with van der Waals surface area (Å²) in [5.41, 5.74) is 0.0695. The molecule has 0 aliphatic rings. The number of benzene rings is 1. The topological polar surface area (TPSA) is 49.6 Å². The summed E-state index contributed by atoms with van der Waals surface area (Å²) in [6.07, 6.45) is 2.93. The highest BCUT2D eigenvalue weighted by molar-refractivity contribution is 5.33. The lowest BCUT2D eigenvalue weighted by Crippen LogP contribution is -2.05. The fraction of sp³-hybridized carbons (Fsp3) is 0.0833. The van der Waals surface area contributed by atoms with Crippen LogP contribution in [0.2, 0.25) is 0 Å². The molecular formula is C12H7F2N3. The smallest absolute Gasteiger partial charge is 0.149 e. The lowest BCUT2D eigenvalue weighted by Gasteiger charge is -2.08. The first-order chi connectivity index (χ1) is 8.22. The largest absolute Gasteiger partial charge is 0.240 e. The predicted octanol–water partition coefficient (Wildman–Crippen LogP) is 2.41. The third-order valence-electron chi connectivity index (χ3n) is 2.25. The fourth-order valence-corrected chi connectivity index (χ4v) is 1.46. The van der Waals surface area contributed by atoms with Gasteiger partial charge in [0.15, 0.2) is 0 Å². The summed E-state index contributed by atoms with van der Waals surface area (Å²) in [5, 5.41) is 9.04. The minimum absolute atomic E-state index is 0.0695. The van der Waals surface area contributed by atoms with Crippen molar-refractivity contribution in [1.82, 2.24) is 9.97 Å². The minimum atomic E-state index is -0.934. The van der Waals surface area contributed by atoms with Crippen LogP contribution in [0.5, 0.6) is 0 Å². The average molecular weight is 231 g/mol. The van der Waals surface area contributed by atoms with Crippen LogP contribution < -0.4 is 0 Å². The van der Waals surface area contributed by atoms with Gasteiger partial charge in [-0.1, -0.05) is 6.07 Å². The van der Waals surface area contributed by atoms with E-state index in [9.17, 15) is 8.78 Å². The summed E-state index contributed by atoms with van der Waals surface area (Å²) in [4.78, 5) is 7.79. The molecule has 0 spiro atoms. The Balaban J connectivity index is 2.47. The number of nitrogens with zero attached hydrogens (tertiary/aromatic N) is 3. The van der Waals surface area contributed by atoms with Gasteiger partial charge in [0.05, 0.1) is 6.07 Å². The third-order valence-corrected chi connectivity index (χ3v) is 2.25. The highest BCUT2D eigenvalue weighted by atomic mass is 19.1. The van der Waals surface area contributed by atoms with Crippen molar-refractivity contribution in [3.05, 3.63) is 59.7 Å². The SMILES string of the molecule is N#CC(c1ncccn1)c1ccc(F)cc1F. The highest BCUT2D eigenvalue weighted by Crippen LogP contribution is 2.23. The van der Waals surface area contributed by atoms with Gasteiger partial charge >= 0.3 is 0 Å². The lowest BCUT2D eigenvalue weighted by atomic mass is 9.99. The zero-order valence-corrected chi connectivity index (χ0v) is 8.64. The molecule has 5 heteroatoms. The average Bonchev–Trinajstić information content (AvgIpc) is 2.34. The molecule has 1 unspecified atom stereocenters. The van der Waals surface area contributed by atoms with Gasteiger partial charge in [-0.3, -0.25) is 0 Å². The van der Waals surface area contributed by atoms with Crippen molar-refractivity contribution in [2.45, 2.75) is 5.92 Å². The molecule has 0 N–H and O–H groups in total. The standard InChI is InChI=1S/C12H7F2N3/c13-8-2-3-9(11(14)6-8)10(7-15)12-16-4-1-5-17-12/h1-6,10H. The van der Waals surface area contributed by atoms with E-state index in [-0.39, 0.29) is 11.4 Å². The quantitative estimate of drug-likeness (QED) is 0.797. The van der Waals surface area contributed by atoms with Gasteiger partial charge in [0, 0.05) is 24.0 Å². The molecule has 2 rings (SSSR count). The second kappa shape index (κ2) is 4.66. The summed E-state index contributed by atoms with van der Waals surface area (Å²) in [5.74, 6) is -2.20. The van der Waals surface area contributed by atoms with Crippen molar-refractivity contribution >= 4 is 0 Å². The number of halogens is 2. The summed E-state index contributed by atoms with van der Waals surface area (Å²) in [7, 11) is 0. The number of hydrogen-bond acceptors (Lipinski definition) is 3. The molecule has 0 radical (unpaired) electrons. The molecule has 0 saturated heterocycles. The fourth-order valence-electron chi connectivity index (χ4n) is 1.46. The molecule has 1 aromatic heterocycles. The molecule has 0 aliphatic carbocycles. The Morgan fingerprint density at radius 1 is 1.18 bits per heavy atom. The van der Waals surface area contributed by atoms with E-state index in [1.54, 1.807) is 6.07 Å². The molecule has 3 nitrogen and oxygen atoms in total. The van der Waals surface area contributed by atoms with E-state index in [0.717, 1.165) is 12.1 Å². The Hall–Kier alpha value is -2.35. The predicted molar refractivity (Wildman–Crippen MR) is 55.8 cm³/mol. The molecule has 1 heterocycles. The highest BCUT2D eigenvalue weighted by Gasteiger charge is 2.20. The van der Waals surface area contributed by atoms with Crippen molar-refractivity contribution in [2.24, 2.45) is 0 Å². The van der Waals surface area contributed by atoms with Crippen LogP contribution in [-0.4, -0.2) is 9.97 Å². The van der Waals surface area contributed by atoms with Gasteiger partial charge in [0.2, 0.25) is 0 Å². The molecule has 2 aromatic rings. The van der Waals surface area contributed by atoms with Crippen molar-refractivity contribution < 1.29 is 8.78 Å². The van der Waals surface area contributed by atoms with Crippen LogP contribution in [0.3, 0.4) is 0 Å². The number of nitriles is 1. The summed E-state index contributed by atoms with van der Waals surface area (Å²) < 4.78 is 26.3. The first-order valence-corrected chi connectivity index (χ1v) is 4.84. The lowest BCUT2D eigenvalue weighted by molar-refractivity contribution is 0.570. The van der Waals surface area contributed by atoms with Gasteiger partial charge in [-0.25, -0.2) is 18.7 Å². The van der Waals surface area contributed by atoms with E-state index in [2.05, 4.69) is 9.97 Å². The first kappa shape index (κ1) is 11.1. The third kappa shape index (κ3) is 2.26. The van der Waals surface area contributed by atoms with Crippen LogP contribution in [0.15, 0.2) is 36.7 Å². The van der Waals surface area contributed by atoms with Gasteiger partial charge in [-0.15, -0.1) is 0 Å². The zero-order valence-electron chi connectivity index (χ0n) is 8.64. The Bertz CT molecular complexity index is 564. The molecule has 0 saturated carbocycles. The summed E-state index contributed by atoms with van der Waals surface area (Å²) in [6, 6.07) is 6.58. The molecule has 17 heavy (non-hydrogen) atoms. The van der Waals surface area contributed by atoms with E-state index in [4.69, 9.17) is 5.26 Å². The maximum absolute atomic E-state index is 13.5. The van der Waals surface area contributed by atoms with E-state index in [0.29, 0.717) is 0 Å². The monoisotopic (exact) mass is 231 g/mol. The van der Waals surface area contributed by atoms with Gasteiger partial charge in [-0.2, -0.15) is 5.26 Å². The molecule has 0 amide bonds. The molecular weight excluding hydrogens is 224 g/mol. The maximum Gasteiger partial charge on any atom is 0.149 e. The summed E-state index contributed by atoms with van der Waals surface area (Å²) >= 11 is 0. The number of aromatic nitrogens is 2. The van der Waals surface area contributed by atoms with Crippen molar-refractivity contribution in [2.75, 3.05) is 0 Å². The Kier molecular flexibility index (Phi) is 3.06. The van der Waals surface area contributed by atoms with Crippen molar-refractivity contribution in [1.29, 1.82) is 5.26 Å². The Morgan fingerprint density at radius 2 is 1.88 bits per heavy atom. The van der Waals surface area contributed by atoms with Crippen molar-refractivity contribution in [3.8, 4) is 6.07 Å². The second-order valence-corrected chi connectivity index (χ2v) is 3.33. The van der Waals surface area contributed by atoms with Gasteiger partial charge < -0.3 is 0 Å². The van der Waals surface area contributed by atoms with E-state index >= 15 is 0 Å². The Morgan fingerprint density at radius 3 is 2.47 bits per heavy atom. The number of hydrogen-bond donors (Lipinski definition) is 0. The van der Waals surface area contributed by atoms with Gasteiger partial charge in [0.25, 0.3) is 0 Å². The zero-order chi connectivity index (χ0) is 12.3. The van der Waals surface area contributed by atoms with E-state index in [1.807, 2.05) is 6.07 Å². The Labute approximate surface area is 96.4 Å². The van der Waals surface area contributed by atoms with Gasteiger partial charge in [0.1, 0.15) is 23.4 Å². The van der Waals surface area contributed by atoms with Crippen LogP contribution in [0.1, 0.15) is 17.3 Å². The number of rotatable bonds is 2. The second-order valence-electron chi connectivity index (χ2n) is 3.33. The molecule has 1 aromatic carbocycles. The molecule has 0 bridgehead atoms. The first-order valence-electron chi connectivity index (χ1n) is 4.84. The van der Waals surface area contributed by atoms with Gasteiger partial charge in [-0.05, 0) is 12.1 Å². The molecule has 84 valence electrons. The maximum atomic E-state index is 13.5. The van der Waals surface area contributed by atoms with Crippen LogP contribution >= 0.6 is 0 Å².